The van der Waals surface area contributed by atoms with Gasteiger partial charge in [0, 0.05) is 5.69 Å². The maximum absolute atomic E-state index is 12.3. The minimum Gasteiger partial charge on any atom is -0.327 e. The molecular weight excluding hydrogens is 179 g/mol. The molecule has 70 valence electrons. The smallest absolute Gasteiger partial charge is 0.322 e. The van der Waals surface area contributed by atoms with Crippen LogP contribution in [0.15, 0.2) is 36.3 Å². The highest BCUT2D eigenvalue weighted by Crippen LogP contribution is 2.15. The van der Waals surface area contributed by atoms with E-state index in [1.165, 1.54) is 12.1 Å². The van der Waals surface area contributed by atoms with Gasteiger partial charge in [0.05, 0.1) is 0 Å². The average molecular weight is 187 g/mol. The number of anilines is 1. The first kappa shape index (κ1) is 9.64. The van der Waals surface area contributed by atoms with Gasteiger partial charge in [-0.05, 0) is 19.1 Å². The van der Waals surface area contributed by atoms with Crippen LogP contribution in [0.5, 0.6) is 0 Å². The molecule has 0 aliphatic carbocycles. The summed E-state index contributed by atoms with van der Waals surface area (Å²) >= 11 is 0. The zero-order valence-corrected chi connectivity index (χ0v) is 6.94. The second kappa shape index (κ2) is 3.98. The van der Waals surface area contributed by atoms with Crippen LogP contribution >= 0.6 is 0 Å². The number of nitrogens with one attached hydrogen (secondary N) is 1. The van der Waals surface area contributed by atoms with E-state index >= 15 is 0 Å². The molecule has 0 radical (unpaired) electrons. The largest absolute Gasteiger partial charge is 0.327 e. The first-order valence-corrected chi connectivity index (χ1v) is 3.64. The number of aryl methyl sites for hydroxylation is 1. The van der Waals surface area contributed by atoms with Crippen LogP contribution in [0, 0.1) is 6.92 Å². The third-order valence-electron chi connectivity index (χ3n) is 1.47. The summed E-state index contributed by atoms with van der Waals surface area (Å²) in [6.45, 7) is 1.85. The number of rotatable bonds is 2. The van der Waals surface area contributed by atoms with E-state index in [-0.39, 0.29) is 0 Å². The number of hydrogen-bond acceptors (Lipinski definition) is 1. The molecule has 0 atom stereocenters. The van der Waals surface area contributed by atoms with Crippen molar-refractivity contribution in [2.24, 2.45) is 0 Å². The zero-order valence-electron chi connectivity index (χ0n) is 6.94. The van der Waals surface area contributed by atoms with Gasteiger partial charge >= 0.3 is 6.08 Å². The van der Waals surface area contributed by atoms with Gasteiger partial charge in [-0.3, -0.25) is 0 Å². The summed E-state index contributed by atoms with van der Waals surface area (Å²) in [6, 6.07) is 6.45. The summed E-state index contributed by atoms with van der Waals surface area (Å²) in [7, 11) is 0. The molecule has 0 spiro atoms. The quantitative estimate of drug-likeness (QED) is 0.699. The number of hydrogen-bond donors (Lipinski definition) is 1. The first-order valence-electron chi connectivity index (χ1n) is 3.64. The third-order valence-corrected chi connectivity index (χ3v) is 1.47. The van der Waals surface area contributed by atoms with E-state index in [4.69, 9.17) is 0 Å². The Balaban J connectivity index is 2.76. The Kier molecular flexibility index (Phi) is 2.95. The lowest BCUT2D eigenvalue weighted by Crippen LogP contribution is -1.94. The van der Waals surface area contributed by atoms with Gasteiger partial charge in [0.1, 0.15) is 0 Å². The molecule has 0 fully saturated rings. The van der Waals surface area contributed by atoms with Crippen LogP contribution in [0.3, 0.4) is 0 Å². The van der Waals surface area contributed by atoms with Crippen LogP contribution in [0.2, 0.25) is 0 Å². The second-order valence-corrected chi connectivity index (χ2v) is 2.57. The molecule has 1 N–H and O–H groups in total. The fourth-order valence-electron chi connectivity index (χ4n) is 0.811. The van der Waals surface area contributed by atoms with Crippen LogP contribution in [0.4, 0.5) is 18.9 Å². The molecule has 0 aromatic heterocycles. The molecule has 0 saturated carbocycles. The van der Waals surface area contributed by atoms with Gasteiger partial charge < -0.3 is 5.32 Å². The van der Waals surface area contributed by atoms with Crippen molar-refractivity contribution in [2.75, 3.05) is 5.32 Å². The molecule has 0 aliphatic rings. The Hall–Kier alpha value is -1.45. The number of benzene rings is 1. The number of halogens is 3. The molecule has 0 bridgehead atoms. The van der Waals surface area contributed by atoms with Crippen LogP contribution in [0.1, 0.15) is 5.56 Å². The van der Waals surface area contributed by atoms with Crippen molar-refractivity contribution in [3.63, 3.8) is 0 Å². The lowest BCUT2D eigenvalue weighted by atomic mass is 10.2. The minimum atomic E-state index is -2.35. The fraction of sp³-hybridized carbons (Fsp3) is 0.111. The van der Waals surface area contributed by atoms with Gasteiger partial charge in [-0.1, -0.05) is 17.7 Å². The SMILES string of the molecule is Cc1ccc(NC(F)=C(F)F)cc1. The van der Waals surface area contributed by atoms with Crippen molar-refractivity contribution in [3.8, 4) is 0 Å². The highest BCUT2D eigenvalue weighted by Gasteiger charge is 2.03. The summed E-state index contributed by atoms with van der Waals surface area (Å²) in [6.07, 6.45) is -2.35. The highest BCUT2D eigenvalue weighted by atomic mass is 19.3. The van der Waals surface area contributed by atoms with E-state index in [0.717, 1.165) is 5.56 Å². The molecule has 0 amide bonds. The van der Waals surface area contributed by atoms with Crippen molar-refractivity contribution >= 4 is 5.69 Å². The fourth-order valence-corrected chi connectivity index (χ4v) is 0.811. The molecule has 0 heterocycles. The molecule has 1 aromatic rings. The molecule has 1 aromatic carbocycles. The molecule has 0 aliphatic heterocycles. The van der Waals surface area contributed by atoms with Crippen molar-refractivity contribution in [1.82, 2.24) is 0 Å². The zero-order chi connectivity index (χ0) is 9.84. The van der Waals surface area contributed by atoms with Crippen LogP contribution in [0.25, 0.3) is 0 Å². The standard InChI is InChI=1S/C9H8F3N/c1-6-2-4-7(5-3-6)13-9(12)8(10)11/h2-5,13H,1H3. The summed E-state index contributed by atoms with van der Waals surface area (Å²) in [5.41, 5.74) is 1.28. The van der Waals surface area contributed by atoms with Gasteiger partial charge in [0.25, 0.3) is 5.95 Å². The summed E-state index contributed by atoms with van der Waals surface area (Å²) in [5.74, 6) is -1.61. The van der Waals surface area contributed by atoms with Gasteiger partial charge in [-0.25, -0.2) is 0 Å². The molecule has 13 heavy (non-hydrogen) atoms. The Bertz CT molecular complexity index is 312. The van der Waals surface area contributed by atoms with Crippen molar-refractivity contribution in [3.05, 3.63) is 41.9 Å². The molecule has 1 nitrogen and oxygen atoms in total. The van der Waals surface area contributed by atoms with E-state index in [9.17, 15) is 13.2 Å². The third kappa shape index (κ3) is 2.82. The van der Waals surface area contributed by atoms with E-state index < -0.39 is 12.0 Å². The lowest BCUT2D eigenvalue weighted by molar-refractivity contribution is 0.382. The molecule has 1 rings (SSSR count). The molecular formula is C9H8F3N. The van der Waals surface area contributed by atoms with Gasteiger partial charge in [-0.2, -0.15) is 13.2 Å². The molecule has 0 unspecified atom stereocenters. The maximum Gasteiger partial charge on any atom is 0.322 e. The van der Waals surface area contributed by atoms with Crippen LogP contribution < -0.4 is 5.32 Å². The normalized spacial score (nSPS) is 9.54. The maximum atomic E-state index is 12.3. The minimum absolute atomic E-state index is 0.302. The topological polar surface area (TPSA) is 12.0 Å². The Morgan fingerprint density at radius 3 is 2.08 bits per heavy atom. The van der Waals surface area contributed by atoms with Gasteiger partial charge in [0.15, 0.2) is 0 Å². The van der Waals surface area contributed by atoms with Gasteiger partial charge in [0.2, 0.25) is 0 Å². The highest BCUT2D eigenvalue weighted by molar-refractivity contribution is 5.47. The van der Waals surface area contributed by atoms with Crippen LogP contribution in [-0.2, 0) is 0 Å². The average Bonchev–Trinajstić information content (AvgIpc) is 2.08. The monoisotopic (exact) mass is 187 g/mol. The summed E-state index contributed by atoms with van der Waals surface area (Å²) in [4.78, 5) is 0. The van der Waals surface area contributed by atoms with Crippen molar-refractivity contribution in [2.45, 2.75) is 6.92 Å². The lowest BCUT2D eigenvalue weighted by Gasteiger charge is -2.02. The second-order valence-electron chi connectivity index (χ2n) is 2.57. The van der Waals surface area contributed by atoms with Crippen molar-refractivity contribution in [1.29, 1.82) is 0 Å². The Morgan fingerprint density at radius 2 is 1.62 bits per heavy atom. The van der Waals surface area contributed by atoms with Crippen molar-refractivity contribution < 1.29 is 13.2 Å². The van der Waals surface area contributed by atoms with Crippen LogP contribution in [-0.4, -0.2) is 0 Å². The summed E-state index contributed by atoms with van der Waals surface area (Å²) < 4.78 is 35.6. The molecule has 4 heteroatoms. The predicted octanol–water partition coefficient (Wildman–Crippen LogP) is 3.44. The van der Waals surface area contributed by atoms with E-state index in [0.29, 0.717) is 5.69 Å². The predicted molar refractivity (Wildman–Crippen MR) is 45.2 cm³/mol. The first-order chi connectivity index (χ1) is 6.09. The van der Waals surface area contributed by atoms with E-state index in [1.807, 2.05) is 12.2 Å². The van der Waals surface area contributed by atoms with E-state index in [1.54, 1.807) is 12.1 Å². The Labute approximate surface area is 73.9 Å². The molecule has 0 saturated heterocycles. The Morgan fingerprint density at radius 1 is 1.08 bits per heavy atom. The summed E-state index contributed by atoms with van der Waals surface area (Å²) in [5, 5.41) is 1.93. The van der Waals surface area contributed by atoms with Gasteiger partial charge in [-0.15, -0.1) is 0 Å². The van der Waals surface area contributed by atoms with E-state index in [2.05, 4.69) is 0 Å².